The summed E-state index contributed by atoms with van der Waals surface area (Å²) in [6.45, 7) is 2.61. The first-order chi connectivity index (χ1) is 9.78. The zero-order valence-electron chi connectivity index (χ0n) is 11.1. The van der Waals surface area contributed by atoms with Gasteiger partial charge in [-0.15, -0.1) is 11.6 Å². The lowest BCUT2D eigenvalue weighted by atomic mass is 10.3. The number of hydrogen-bond acceptors (Lipinski definition) is 4. The molecule has 0 aromatic carbocycles. The van der Waals surface area contributed by atoms with Gasteiger partial charge in [0.05, 0.1) is 12.2 Å². The van der Waals surface area contributed by atoms with Gasteiger partial charge in [-0.05, 0) is 30.7 Å². The van der Waals surface area contributed by atoms with Crippen molar-refractivity contribution in [1.29, 1.82) is 0 Å². The third-order valence-corrected chi connectivity index (χ3v) is 3.26. The zero-order chi connectivity index (χ0) is 13.9. The number of rotatable bonds is 4. The molecule has 0 saturated carbocycles. The molecule has 3 rings (SSSR count). The molecule has 0 aliphatic rings. The molecule has 0 aliphatic heterocycles. The van der Waals surface area contributed by atoms with Crippen LogP contribution in [0.5, 0.6) is 0 Å². The van der Waals surface area contributed by atoms with Gasteiger partial charge in [0, 0.05) is 24.7 Å². The minimum Gasteiger partial charge on any atom is -0.307 e. The number of hydrogen-bond donors (Lipinski definition) is 0. The second-order valence-corrected chi connectivity index (χ2v) is 5.00. The number of aryl methyl sites for hydroxylation is 2. The molecule has 3 aromatic rings. The Bertz CT molecular complexity index is 723. The number of imidazole rings is 1. The van der Waals surface area contributed by atoms with Crippen LogP contribution in [0.2, 0.25) is 0 Å². The predicted molar refractivity (Wildman–Crippen MR) is 77.8 cm³/mol. The number of aromatic nitrogens is 5. The SMILES string of the molecule is Cc1cnc2c(c1)nc(CCCl)n2Cc1cccnn1. The van der Waals surface area contributed by atoms with Crippen LogP contribution in [-0.2, 0) is 13.0 Å². The van der Waals surface area contributed by atoms with Gasteiger partial charge in [-0.2, -0.15) is 10.2 Å². The summed E-state index contributed by atoms with van der Waals surface area (Å²) in [5.41, 5.74) is 3.74. The molecule has 0 bridgehead atoms. The van der Waals surface area contributed by atoms with Crippen LogP contribution in [0.4, 0.5) is 0 Å². The van der Waals surface area contributed by atoms with E-state index in [2.05, 4.69) is 24.7 Å². The van der Waals surface area contributed by atoms with Crippen molar-refractivity contribution in [3.05, 3.63) is 47.7 Å². The molecule has 0 spiro atoms. The standard InChI is InChI=1S/C14H14ClN5/c1-10-7-12-14(16-8-10)20(13(18-12)4-5-15)9-11-3-2-6-17-19-11/h2-3,6-8H,4-5,9H2,1H3. The van der Waals surface area contributed by atoms with E-state index in [4.69, 9.17) is 11.6 Å². The first-order valence-corrected chi connectivity index (χ1v) is 6.95. The van der Waals surface area contributed by atoms with Crippen LogP contribution in [0.3, 0.4) is 0 Å². The lowest BCUT2D eigenvalue weighted by molar-refractivity contribution is 0.718. The van der Waals surface area contributed by atoms with E-state index in [1.165, 1.54) is 0 Å². The Morgan fingerprint density at radius 3 is 3.00 bits per heavy atom. The smallest absolute Gasteiger partial charge is 0.160 e. The van der Waals surface area contributed by atoms with E-state index in [9.17, 15) is 0 Å². The van der Waals surface area contributed by atoms with Crippen molar-refractivity contribution in [3.63, 3.8) is 0 Å². The summed E-state index contributed by atoms with van der Waals surface area (Å²) in [6.07, 6.45) is 4.22. The Kier molecular flexibility index (Phi) is 3.60. The lowest BCUT2D eigenvalue weighted by Crippen LogP contribution is -2.08. The Hall–Kier alpha value is -2.01. The highest BCUT2D eigenvalue weighted by atomic mass is 35.5. The molecular weight excluding hydrogens is 274 g/mol. The average Bonchev–Trinajstić information content (AvgIpc) is 2.77. The molecular formula is C14H14ClN5. The molecule has 0 unspecified atom stereocenters. The maximum absolute atomic E-state index is 5.87. The lowest BCUT2D eigenvalue weighted by Gasteiger charge is -2.06. The largest absolute Gasteiger partial charge is 0.307 e. The highest BCUT2D eigenvalue weighted by Gasteiger charge is 2.12. The van der Waals surface area contributed by atoms with Gasteiger partial charge in [-0.25, -0.2) is 9.97 Å². The first-order valence-electron chi connectivity index (χ1n) is 6.42. The van der Waals surface area contributed by atoms with Gasteiger partial charge in [0.1, 0.15) is 11.3 Å². The van der Waals surface area contributed by atoms with Crippen LogP contribution in [0.25, 0.3) is 11.2 Å². The molecule has 102 valence electrons. The molecule has 0 aliphatic carbocycles. The van der Waals surface area contributed by atoms with Gasteiger partial charge >= 0.3 is 0 Å². The molecule has 5 nitrogen and oxygen atoms in total. The number of alkyl halides is 1. The van der Waals surface area contributed by atoms with Gasteiger partial charge in [-0.1, -0.05) is 0 Å². The van der Waals surface area contributed by atoms with Crippen molar-refractivity contribution in [3.8, 4) is 0 Å². The topological polar surface area (TPSA) is 56.5 Å². The van der Waals surface area contributed by atoms with Crippen LogP contribution >= 0.6 is 11.6 Å². The monoisotopic (exact) mass is 287 g/mol. The number of halogens is 1. The zero-order valence-corrected chi connectivity index (χ0v) is 11.9. The van der Waals surface area contributed by atoms with Gasteiger partial charge in [0.15, 0.2) is 5.65 Å². The molecule has 0 amide bonds. The summed E-state index contributed by atoms with van der Waals surface area (Å²) in [7, 11) is 0. The van der Waals surface area contributed by atoms with Gasteiger partial charge in [-0.3, -0.25) is 0 Å². The van der Waals surface area contributed by atoms with Crippen molar-refractivity contribution >= 4 is 22.8 Å². The predicted octanol–water partition coefficient (Wildman–Crippen LogP) is 2.36. The molecule has 0 atom stereocenters. The maximum Gasteiger partial charge on any atom is 0.160 e. The summed E-state index contributed by atoms with van der Waals surface area (Å²) in [5, 5.41) is 8.02. The fourth-order valence-corrected chi connectivity index (χ4v) is 2.35. The Balaban J connectivity index is 2.09. The van der Waals surface area contributed by atoms with Crippen molar-refractivity contribution in [2.24, 2.45) is 0 Å². The quantitative estimate of drug-likeness (QED) is 0.691. The van der Waals surface area contributed by atoms with Crippen LogP contribution in [0, 0.1) is 6.92 Å². The summed E-state index contributed by atoms with van der Waals surface area (Å²) < 4.78 is 2.06. The Morgan fingerprint density at radius 2 is 2.25 bits per heavy atom. The first kappa shape index (κ1) is 13.0. The van der Waals surface area contributed by atoms with Crippen molar-refractivity contribution in [1.82, 2.24) is 24.7 Å². The summed E-state index contributed by atoms with van der Waals surface area (Å²) in [6, 6.07) is 5.85. The van der Waals surface area contributed by atoms with Crippen molar-refractivity contribution in [2.45, 2.75) is 19.9 Å². The minimum atomic E-state index is 0.531. The van der Waals surface area contributed by atoms with E-state index in [1.807, 2.05) is 31.3 Å². The third-order valence-electron chi connectivity index (χ3n) is 3.07. The van der Waals surface area contributed by atoms with Crippen molar-refractivity contribution in [2.75, 3.05) is 5.88 Å². The number of nitrogens with zero attached hydrogens (tertiary/aromatic N) is 5. The van der Waals surface area contributed by atoms with Gasteiger partial charge in [0.2, 0.25) is 0 Å². The fourth-order valence-electron chi connectivity index (χ4n) is 2.18. The molecule has 3 heterocycles. The highest BCUT2D eigenvalue weighted by Crippen LogP contribution is 2.17. The van der Waals surface area contributed by atoms with E-state index < -0.39 is 0 Å². The van der Waals surface area contributed by atoms with Crippen LogP contribution in [-0.4, -0.2) is 30.6 Å². The summed E-state index contributed by atoms with van der Waals surface area (Å²) in [5.74, 6) is 1.46. The maximum atomic E-state index is 5.87. The summed E-state index contributed by atoms with van der Waals surface area (Å²) >= 11 is 5.87. The minimum absolute atomic E-state index is 0.531. The molecule has 0 N–H and O–H groups in total. The van der Waals surface area contributed by atoms with Crippen LogP contribution < -0.4 is 0 Å². The van der Waals surface area contributed by atoms with E-state index in [0.717, 1.165) is 28.2 Å². The number of pyridine rings is 1. The van der Waals surface area contributed by atoms with Gasteiger partial charge in [0.25, 0.3) is 0 Å². The van der Waals surface area contributed by atoms with E-state index in [-0.39, 0.29) is 0 Å². The number of fused-ring (bicyclic) bond motifs is 1. The third kappa shape index (κ3) is 2.49. The summed E-state index contributed by atoms with van der Waals surface area (Å²) in [4.78, 5) is 9.12. The van der Waals surface area contributed by atoms with E-state index in [0.29, 0.717) is 18.8 Å². The molecule has 0 fully saturated rings. The highest BCUT2D eigenvalue weighted by molar-refractivity contribution is 6.17. The molecule has 6 heteroatoms. The molecule has 0 radical (unpaired) electrons. The Morgan fingerprint density at radius 1 is 1.35 bits per heavy atom. The van der Waals surface area contributed by atoms with Crippen molar-refractivity contribution < 1.29 is 0 Å². The van der Waals surface area contributed by atoms with Gasteiger partial charge < -0.3 is 4.57 Å². The molecule has 20 heavy (non-hydrogen) atoms. The van der Waals surface area contributed by atoms with Crippen LogP contribution in [0.15, 0.2) is 30.6 Å². The van der Waals surface area contributed by atoms with E-state index >= 15 is 0 Å². The van der Waals surface area contributed by atoms with Crippen LogP contribution in [0.1, 0.15) is 17.1 Å². The average molecular weight is 288 g/mol. The second kappa shape index (κ2) is 5.54. The Labute approximate surface area is 121 Å². The fraction of sp³-hybridized carbons (Fsp3) is 0.286. The van der Waals surface area contributed by atoms with E-state index in [1.54, 1.807) is 6.20 Å². The molecule has 3 aromatic heterocycles. The second-order valence-electron chi connectivity index (χ2n) is 4.62. The molecule has 0 saturated heterocycles. The normalized spacial score (nSPS) is 11.1.